The van der Waals surface area contributed by atoms with Gasteiger partial charge in [0.15, 0.2) is 0 Å². The van der Waals surface area contributed by atoms with Crippen LogP contribution in [0.15, 0.2) is 0 Å². The zero-order valence-corrected chi connectivity index (χ0v) is 14.9. The second-order valence-electron chi connectivity index (χ2n) is 0.692. The van der Waals surface area contributed by atoms with Crippen LogP contribution < -0.4 is 0 Å². The molecule has 0 aliphatic heterocycles. The van der Waals surface area contributed by atoms with Crippen molar-refractivity contribution in [1.82, 2.24) is 0 Å². The molecule has 0 aromatic heterocycles. The molecule has 0 aromatic rings. The zero-order chi connectivity index (χ0) is 10.7. The second-order valence-corrected chi connectivity index (χ2v) is 3.60. The maximum Gasteiger partial charge on any atom is 0 e. The fourth-order valence-electron chi connectivity index (χ4n) is 0. The molecule has 0 atom stereocenters. The molecule has 14 heteroatoms. The Bertz CT molecular complexity index is 116. The van der Waals surface area contributed by atoms with Gasteiger partial charge < -0.3 is 0 Å². The van der Waals surface area contributed by atoms with Crippen molar-refractivity contribution in [3.8, 4) is 0 Å². The largest absolute Gasteiger partial charge is 0 e. The van der Waals surface area contributed by atoms with Gasteiger partial charge in [-0.05, 0) is 0 Å². The summed E-state index contributed by atoms with van der Waals surface area (Å²) in [7, 11) is 0. The molecule has 0 unspecified atom stereocenters. The normalized spacial score (nSPS) is 7.50. The Balaban J connectivity index is -0.0000000270. The molecular weight excluding hydrogens is 531 g/mol. The summed E-state index contributed by atoms with van der Waals surface area (Å²) < 4.78 is 69.4. The van der Waals surface area contributed by atoms with Crippen molar-refractivity contribution < 1.29 is 36.6 Å². The van der Waals surface area contributed by atoms with Crippen LogP contribution in [0.5, 0.6) is 0 Å². The average Bonchev–Trinajstić information content (AvgIpc) is 1.54. The van der Waals surface area contributed by atoms with Crippen molar-refractivity contribution in [1.29, 1.82) is 0 Å². The van der Waals surface area contributed by atoms with Gasteiger partial charge in [-0.3, -0.25) is 0 Å². The minimum atomic E-state index is -3.29. The summed E-state index contributed by atoms with van der Waals surface area (Å²) in [6.07, 6.45) is 0. The van der Waals surface area contributed by atoms with E-state index < -0.39 is 43.5 Å². The molecule has 0 saturated carbocycles. The van der Waals surface area contributed by atoms with Crippen molar-refractivity contribution in [2.24, 2.45) is 0 Å². The van der Waals surface area contributed by atoms with Gasteiger partial charge in [0.1, 0.15) is 0 Å². The predicted molar refractivity (Wildman–Crippen MR) is 44.1 cm³/mol. The van der Waals surface area contributed by atoms with Crippen LogP contribution in [0.2, 0.25) is 0 Å². The molecule has 0 aromatic carbocycles. The van der Waals surface area contributed by atoms with E-state index in [2.05, 4.69) is 0 Å². The summed E-state index contributed by atoms with van der Waals surface area (Å²) >= 11 is -9.88. The molecular formula is H6As2O9Se3. The van der Waals surface area contributed by atoms with Crippen LogP contribution in [0.1, 0.15) is 0 Å². The summed E-state index contributed by atoms with van der Waals surface area (Å²) in [5, 5.41) is 0. The third-order valence-electron chi connectivity index (χ3n) is 0. The fraction of sp³-hybridized carbons (Fsp3) is 0. The van der Waals surface area contributed by atoms with E-state index in [1.165, 1.54) is 0 Å². The van der Waals surface area contributed by atoms with Gasteiger partial charge in [-0.25, -0.2) is 0 Å². The smallest absolute Gasteiger partial charge is 0 e. The molecule has 0 aliphatic rings. The second kappa shape index (κ2) is 24.2. The van der Waals surface area contributed by atoms with E-state index >= 15 is 0 Å². The molecule has 0 fully saturated rings. The summed E-state index contributed by atoms with van der Waals surface area (Å²) in [6.45, 7) is 0. The van der Waals surface area contributed by atoms with Gasteiger partial charge in [0.05, 0.1) is 0 Å². The quantitative estimate of drug-likeness (QED) is 0.165. The molecule has 6 N–H and O–H groups in total. The van der Waals surface area contributed by atoms with E-state index in [1.807, 2.05) is 0 Å². The third kappa shape index (κ3) is 677. The molecule has 0 spiro atoms. The predicted octanol–water partition coefficient (Wildman–Crippen LogP) is -5.60. The monoisotopic (exact) mass is 540 g/mol. The number of rotatable bonds is 0. The van der Waals surface area contributed by atoms with Gasteiger partial charge in [0.25, 0.3) is 0 Å². The standard InChI is InChI=1S/2As.3H2O3Se/c;;3*1-4(2)3/h;;3*(H2,1,2,3). The Hall–Kier alpha value is 1.84. The fourth-order valence-corrected chi connectivity index (χ4v) is 0. The van der Waals surface area contributed by atoms with E-state index in [4.69, 9.17) is 36.6 Å². The molecule has 0 rings (SSSR count). The van der Waals surface area contributed by atoms with E-state index in [0.29, 0.717) is 0 Å². The Morgan fingerprint density at radius 3 is 0.500 bits per heavy atom. The zero-order valence-electron chi connectivity index (χ0n) is 6.03. The summed E-state index contributed by atoms with van der Waals surface area (Å²) in [5.41, 5.74) is 0. The Morgan fingerprint density at radius 1 is 0.500 bits per heavy atom. The van der Waals surface area contributed by atoms with Crippen LogP contribution >= 0.6 is 0 Å². The SMILES string of the molecule is O=[Se](O)O.O=[Se](O)O.O=[Se](O)O.[As].[As]. The van der Waals surface area contributed by atoms with Crippen molar-refractivity contribution in [2.75, 3.05) is 0 Å². The van der Waals surface area contributed by atoms with Gasteiger partial charge in [-0.15, -0.1) is 0 Å². The van der Waals surface area contributed by atoms with Gasteiger partial charge in [-0.2, -0.15) is 0 Å². The summed E-state index contributed by atoms with van der Waals surface area (Å²) in [6, 6.07) is 0. The molecule has 0 aliphatic carbocycles. The van der Waals surface area contributed by atoms with Crippen molar-refractivity contribution >= 4 is 79.4 Å². The van der Waals surface area contributed by atoms with Gasteiger partial charge in [0.2, 0.25) is 0 Å². The molecule has 0 saturated heterocycles. The van der Waals surface area contributed by atoms with Crippen molar-refractivity contribution in [3.05, 3.63) is 0 Å². The Kier molecular flexibility index (Phi) is 51.3. The van der Waals surface area contributed by atoms with E-state index in [1.54, 1.807) is 0 Å². The topological polar surface area (TPSA) is 173 Å². The van der Waals surface area contributed by atoms with Crippen molar-refractivity contribution in [2.45, 2.75) is 0 Å². The van der Waals surface area contributed by atoms with Gasteiger partial charge in [0, 0.05) is 35.9 Å². The molecule has 0 amide bonds. The molecule has 88 valence electrons. The molecule has 0 heterocycles. The minimum absolute atomic E-state index is 0. The van der Waals surface area contributed by atoms with Crippen LogP contribution in [0, 0.1) is 0 Å². The first kappa shape index (κ1) is 29.7. The number of hydrogen-bond acceptors (Lipinski definition) is 3. The summed E-state index contributed by atoms with van der Waals surface area (Å²) in [5.74, 6) is 0. The first-order valence-corrected chi connectivity index (χ1v) is 8.29. The van der Waals surface area contributed by atoms with Crippen LogP contribution in [0.4, 0.5) is 0 Å². The van der Waals surface area contributed by atoms with Gasteiger partial charge in [-0.1, -0.05) is 0 Å². The molecule has 0 bridgehead atoms. The maximum absolute atomic E-state index is 8.76. The van der Waals surface area contributed by atoms with E-state index in [9.17, 15) is 0 Å². The van der Waals surface area contributed by atoms with Gasteiger partial charge >= 0.3 is 80.1 Å². The molecule has 9 nitrogen and oxygen atoms in total. The molecule has 6 radical (unpaired) electrons. The van der Waals surface area contributed by atoms with Crippen LogP contribution in [0.25, 0.3) is 0 Å². The van der Waals surface area contributed by atoms with Crippen LogP contribution in [0.3, 0.4) is 0 Å². The molecule has 14 heavy (non-hydrogen) atoms. The average molecular weight is 537 g/mol. The van der Waals surface area contributed by atoms with E-state index in [0.717, 1.165) is 0 Å². The maximum atomic E-state index is 8.76. The Labute approximate surface area is 115 Å². The first-order valence-electron chi connectivity index (χ1n) is 1.60. The van der Waals surface area contributed by atoms with E-state index in [-0.39, 0.29) is 35.9 Å². The Morgan fingerprint density at radius 2 is 0.500 bits per heavy atom. The van der Waals surface area contributed by atoms with Crippen molar-refractivity contribution in [3.63, 3.8) is 0 Å². The third-order valence-corrected chi connectivity index (χ3v) is 0. The minimum Gasteiger partial charge on any atom is 0 e. The first-order chi connectivity index (χ1) is 5.20. The van der Waals surface area contributed by atoms with Crippen LogP contribution in [-0.4, -0.2) is 105 Å². The summed E-state index contributed by atoms with van der Waals surface area (Å²) in [4.78, 5) is 0. The van der Waals surface area contributed by atoms with Crippen LogP contribution in [-0.2, 0) is 11.5 Å². The number of hydrogen-bond donors (Lipinski definition) is 6.